The van der Waals surface area contributed by atoms with Gasteiger partial charge in [-0.1, -0.05) is 43.2 Å². The standard InChI is InChI=1S/C18H29N/c1-5-8-19-13-18(4,17-6-7-17)12-16-10-14(2)9-15(3)11-16/h9-11,17,19H,5-8,12-13H2,1-4H3. The Balaban J connectivity index is 2.06. The maximum Gasteiger partial charge on any atom is 0.00110 e. The number of hydrogen-bond acceptors (Lipinski definition) is 1. The average molecular weight is 259 g/mol. The highest BCUT2D eigenvalue weighted by atomic mass is 14.9. The molecule has 0 saturated heterocycles. The maximum atomic E-state index is 3.65. The molecule has 1 fully saturated rings. The molecule has 0 aliphatic heterocycles. The molecule has 1 atom stereocenters. The number of hydrogen-bond donors (Lipinski definition) is 1. The summed E-state index contributed by atoms with van der Waals surface area (Å²) >= 11 is 0. The Morgan fingerprint density at radius 1 is 1.16 bits per heavy atom. The lowest BCUT2D eigenvalue weighted by Crippen LogP contribution is -2.36. The van der Waals surface area contributed by atoms with Gasteiger partial charge in [-0.25, -0.2) is 0 Å². The van der Waals surface area contributed by atoms with Gasteiger partial charge in [0.05, 0.1) is 0 Å². The Hall–Kier alpha value is -0.820. The van der Waals surface area contributed by atoms with Crippen molar-refractivity contribution < 1.29 is 0 Å². The van der Waals surface area contributed by atoms with Crippen molar-refractivity contribution in [2.24, 2.45) is 11.3 Å². The van der Waals surface area contributed by atoms with Crippen LogP contribution in [0.1, 0.15) is 49.8 Å². The van der Waals surface area contributed by atoms with E-state index in [2.05, 4.69) is 51.2 Å². The van der Waals surface area contributed by atoms with Gasteiger partial charge < -0.3 is 5.32 Å². The molecule has 0 amide bonds. The van der Waals surface area contributed by atoms with Gasteiger partial charge in [-0.3, -0.25) is 0 Å². The first-order valence-electron chi connectivity index (χ1n) is 7.81. The minimum atomic E-state index is 0.440. The fourth-order valence-electron chi connectivity index (χ4n) is 3.32. The topological polar surface area (TPSA) is 12.0 Å². The predicted molar refractivity (Wildman–Crippen MR) is 83.6 cm³/mol. The highest BCUT2D eigenvalue weighted by Gasteiger charge is 2.40. The van der Waals surface area contributed by atoms with Crippen LogP contribution in [0.5, 0.6) is 0 Å². The molecule has 1 unspecified atom stereocenters. The zero-order chi connectivity index (χ0) is 13.9. The summed E-state index contributed by atoms with van der Waals surface area (Å²) in [5, 5.41) is 3.65. The van der Waals surface area contributed by atoms with Crippen LogP contribution in [0.3, 0.4) is 0 Å². The van der Waals surface area contributed by atoms with Crippen molar-refractivity contribution in [1.29, 1.82) is 0 Å². The summed E-state index contributed by atoms with van der Waals surface area (Å²) in [6.45, 7) is 11.4. The van der Waals surface area contributed by atoms with E-state index in [9.17, 15) is 0 Å². The van der Waals surface area contributed by atoms with E-state index in [4.69, 9.17) is 0 Å². The maximum absolute atomic E-state index is 3.65. The smallest absolute Gasteiger partial charge is 0.00110 e. The summed E-state index contributed by atoms with van der Waals surface area (Å²) in [7, 11) is 0. The lowest BCUT2D eigenvalue weighted by atomic mass is 9.78. The third-order valence-electron chi connectivity index (χ3n) is 4.41. The quantitative estimate of drug-likeness (QED) is 0.721. The molecular weight excluding hydrogens is 230 g/mol. The Morgan fingerprint density at radius 2 is 1.79 bits per heavy atom. The minimum Gasteiger partial charge on any atom is -0.316 e. The molecule has 1 saturated carbocycles. The summed E-state index contributed by atoms with van der Waals surface area (Å²) < 4.78 is 0. The first kappa shape index (κ1) is 14.6. The highest BCUT2D eigenvalue weighted by Crippen LogP contribution is 2.47. The van der Waals surface area contributed by atoms with Gasteiger partial charge >= 0.3 is 0 Å². The van der Waals surface area contributed by atoms with Gasteiger partial charge in [-0.05, 0) is 63.0 Å². The van der Waals surface area contributed by atoms with E-state index < -0.39 is 0 Å². The van der Waals surface area contributed by atoms with Crippen LogP contribution in [0.2, 0.25) is 0 Å². The molecule has 0 bridgehead atoms. The number of rotatable bonds is 7. The first-order chi connectivity index (χ1) is 9.03. The van der Waals surface area contributed by atoms with Crippen LogP contribution in [0.25, 0.3) is 0 Å². The number of benzene rings is 1. The summed E-state index contributed by atoms with van der Waals surface area (Å²) in [4.78, 5) is 0. The van der Waals surface area contributed by atoms with Crippen molar-refractivity contribution in [2.45, 2.75) is 53.4 Å². The molecule has 1 aromatic carbocycles. The number of aryl methyl sites for hydroxylation is 2. The molecule has 0 heterocycles. The molecule has 19 heavy (non-hydrogen) atoms. The number of nitrogens with one attached hydrogen (secondary N) is 1. The van der Waals surface area contributed by atoms with Crippen molar-refractivity contribution >= 4 is 0 Å². The molecule has 0 aromatic heterocycles. The first-order valence-corrected chi connectivity index (χ1v) is 7.81. The Bertz CT molecular complexity index is 399. The Kier molecular flexibility index (Phi) is 4.67. The second-order valence-corrected chi connectivity index (χ2v) is 6.78. The third-order valence-corrected chi connectivity index (χ3v) is 4.41. The molecule has 0 spiro atoms. The Labute approximate surface area is 118 Å². The molecule has 1 aliphatic rings. The van der Waals surface area contributed by atoms with Crippen molar-refractivity contribution in [2.75, 3.05) is 13.1 Å². The monoisotopic (exact) mass is 259 g/mol. The van der Waals surface area contributed by atoms with E-state index in [1.165, 1.54) is 48.9 Å². The predicted octanol–water partition coefficient (Wildman–Crippen LogP) is 4.26. The fourth-order valence-corrected chi connectivity index (χ4v) is 3.32. The van der Waals surface area contributed by atoms with Gasteiger partial charge in [0.15, 0.2) is 0 Å². The third kappa shape index (κ3) is 4.07. The van der Waals surface area contributed by atoms with E-state index in [1.807, 2.05) is 0 Å². The summed E-state index contributed by atoms with van der Waals surface area (Å²) in [6.07, 6.45) is 5.30. The van der Waals surface area contributed by atoms with E-state index in [0.717, 1.165) is 12.5 Å². The molecule has 1 aliphatic carbocycles. The average Bonchev–Trinajstić information content (AvgIpc) is 3.11. The second-order valence-electron chi connectivity index (χ2n) is 6.78. The van der Waals surface area contributed by atoms with Crippen molar-refractivity contribution in [3.63, 3.8) is 0 Å². The van der Waals surface area contributed by atoms with Crippen LogP contribution >= 0.6 is 0 Å². The van der Waals surface area contributed by atoms with E-state index in [1.54, 1.807) is 0 Å². The summed E-state index contributed by atoms with van der Waals surface area (Å²) in [5.41, 5.74) is 4.75. The van der Waals surface area contributed by atoms with Crippen LogP contribution in [-0.4, -0.2) is 13.1 Å². The SMILES string of the molecule is CCCNCC(C)(Cc1cc(C)cc(C)c1)C1CC1. The molecular formula is C18H29N. The van der Waals surface area contributed by atoms with Crippen molar-refractivity contribution in [3.05, 3.63) is 34.9 Å². The fraction of sp³-hybridized carbons (Fsp3) is 0.667. The minimum absolute atomic E-state index is 0.440. The lowest BCUT2D eigenvalue weighted by molar-refractivity contribution is 0.256. The van der Waals surface area contributed by atoms with Crippen LogP contribution in [0, 0.1) is 25.2 Å². The molecule has 2 rings (SSSR count). The highest BCUT2D eigenvalue weighted by molar-refractivity contribution is 5.29. The van der Waals surface area contributed by atoms with Gasteiger partial charge in [0.1, 0.15) is 0 Å². The van der Waals surface area contributed by atoms with E-state index in [-0.39, 0.29) is 0 Å². The van der Waals surface area contributed by atoms with E-state index in [0.29, 0.717) is 5.41 Å². The molecule has 1 nitrogen and oxygen atoms in total. The molecule has 1 heteroatoms. The Morgan fingerprint density at radius 3 is 2.32 bits per heavy atom. The van der Waals surface area contributed by atoms with Gasteiger partial charge in [0.2, 0.25) is 0 Å². The molecule has 1 aromatic rings. The van der Waals surface area contributed by atoms with Crippen LogP contribution in [0.15, 0.2) is 18.2 Å². The lowest BCUT2D eigenvalue weighted by Gasteiger charge is -2.31. The van der Waals surface area contributed by atoms with Crippen molar-refractivity contribution in [1.82, 2.24) is 5.32 Å². The van der Waals surface area contributed by atoms with Gasteiger partial charge in [-0.15, -0.1) is 0 Å². The van der Waals surface area contributed by atoms with Gasteiger partial charge in [0.25, 0.3) is 0 Å². The zero-order valence-electron chi connectivity index (χ0n) is 13.1. The summed E-state index contributed by atoms with van der Waals surface area (Å²) in [5.74, 6) is 0.928. The molecule has 106 valence electrons. The second kappa shape index (κ2) is 6.09. The zero-order valence-corrected chi connectivity index (χ0v) is 13.1. The largest absolute Gasteiger partial charge is 0.316 e. The van der Waals surface area contributed by atoms with Crippen molar-refractivity contribution in [3.8, 4) is 0 Å². The van der Waals surface area contributed by atoms with Gasteiger partial charge in [-0.2, -0.15) is 0 Å². The normalized spacial score (nSPS) is 18.3. The van der Waals surface area contributed by atoms with Crippen LogP contribution in [0.4, 0.5) is 0 Å². The summed E-state index contributed by atoms with van der Waals surface area (Å²) in [6, 6.07) is 7.01. The van der Waals surface area contributed by atoms with Crippen LogP contribution in [-0.2, 0) is 6.42 Å². The van der Waals surface area contributed by atoms with Gasteiger partial charge in [0, 0.05) is 6.54 Å². The van der Waals surface area contributed by atoms with E-state index >= 15 is 0 Å². The molecule has 1 N–H and O–H groups in total. The van der Waals surface area contributed by atoms with Crippen LogP contribution < -0.4 is 5.32 Å². The molecule has 0 radical (unpaired) electrons.